The number of para-hydroxylation sites is 1. The Labute approximate surface area is 183 Å². The molecule has 0 saturated heterocycles. The highest BCUT2D eigenvalue weighted by Gasteiger charge is 2.21. The van der Waals surface area contributed by atoms with Gasteiger partial charge in [0.25, 0.3) is 5.91 Å². The summed E-state index contributed by atoms with van der Waals surface area (Å²) in [7, 11) is 4.51. The maximum atomic E-state index is 12.6. The highest BCUT2D eigenvalue weighted by atomic mass is 16.5. The number of benzene rings is 2. The fourth-order valence-electron chi connectivity index (χ4n) is 3.19. The van der Waals surface area contributed by atoms with Gasteiger partial charge in [-0.3, -0.25) is 9.59 Å². The van der Waals surface area contributed by atoms with E-state index in [-0.39, 0.29) is 12.3 Å². The third kappa shape index (κ3) is 6.13. The Balaban J connectivity index is 2.05. The molecule has 0 aromatic heterocycles. The minimum atomic E-state index is -0.945. The summed E-state index contributed by atoms with van der Waals surface area (Å²) < 4.78 is 21.3. The maximum absolute atomic E-state index is 12.6. The summed E-state index contributed by atoms with van der Waals surface area (Å²) in [4.78, 5) is 25.0. The fraction of sp³-hybridized carbons (Fsp3) is 0.417. The molecule has 7 heteroatoms. The maximum Gasteiger partial charge on any atom is 0.311 e. The van der Waals surface area contributed by atoms with Crippen molar-refractivity contribution in [1.29, 1.82) is 0 Å². The van der Waals surface area contributed by atoms with Crippen LogP contribution in [0.2, 0.25) is 0 Å². The summed E-state index contributed by atoms with van der Waals surface area (Å²) in [5, 5.41) is 2.87. The van der Waals surface area contributed by atoms with Gasteiger partial charge in [0.15, 0.2) is 17.6 Å². The molecule has 168 valence electrons. The topological polar surface area (TPSA) is 83.1 Å². The predicted octanol–water partition coefficient (Wildman–Crippen LogP) is 4.34. The van der Waals surface area contributed by atoms with Crippen molar-refractivity contribution < 1.29 is 28.5 Å². The lowest BCUT2D eigenvalue weighted by Crippen LogP contribution is -2.30. The van der Waals surface area contributed by atoms with Crippen molar-refractivity contribution in [3.63, 3.8) is 0 Å². The Morgan fingerprint density at radius 1 is 0.968 bits per heavy atom. The Hall–Kier alpha value is -3.22. The number of hydrogen-bond donors (Lipinski definition) is 1. The number of carbonyl (C=O) groups is 2. The van der Waals surface area contributed by atoms with E-state index in [4.69, 9.17) is 18.9 Å². The van der Waals surface area contributed by atoms with Crippen LogP contribution in [0.25, 0.3) is 0 Å². The second-order valence-corrected chi connectivity index (χ2v) is 7.23. The zero-order valence-corrected chi connectivity index (χ0v) is 19.0. The fourth-order valence-corrected chi connectivity index (χ4v) is 3.19. The summed E-state index contributed by atoms with van der Waals surface area (Å²) in [6.45, 7) is 5.75. The number of amides is 1. The summed E-state index contributed by atoms with van der Waals surface area (Å²) in [6.07, 6.45) is -0.0381. The number of anilines is 1. The van der Waals surface area contributed by atoms with Crippen LogP contribution in [-0.4, -0.2) is 39.3 Å². The molecule has 0 saturated carbocycles. The van der Waals surface area contributed by atoms with E-state index in [0.717, 1.165) is 17.7 Å². The molecule has 2 aromatic rings. The Morgan fingerprint density at radius 2 is 1.58 bits per heavy atom. The molecule has 0 aliphatic rings. The molecule has 2 atom stereocenters. The highest BCUT2D eigenvalue weighted by Crippen LogP contribution is 2.38. The standard InChI is InChI=1S/C24H31NO6/c1-7-15(2)18-10-8-9-11-19(18)25-24(27)16(3)31-22(26)14-17-12-20(28-4)23(30-6)21(13-17)29-5/h8-13,15-16H,7,14H2,1-6H3,(H,25,27)/t15-,16-/m0/s1. The Bertz CT molecular complexity index is 886. The first-order valence-corrected chi connectivity index (χ1v) is 10.2. The van der Waals surface area contributed by atoms with Gasteiger partial charge in [0.1, 0.15) is 0 Å². The predicted molar refractivity (Wildman–Crippen MR) is 119 cm³/mol. The lowest BCUT2D eigenvalue weighted by molar-refractivity contribution is -0.152. The van der Waals surface area contributed by atoms with Crippen LogP contribution in [0.1, 0.15) is 44.2 Å². The van der Waals surface area contributed by atoms with Gasteiger partial charge in [-0.2, -0.15) is 0 Å². The van der Waals surface area contributed by atoms with Gasteiger partial charge in [-0.25, -0.2) is 0 Å². The third-order valence-electron chi connectivity index (χ3n) is 5.11. The molecule has 7 nitrogen and oxygen atoms in total. The number of methoxy groups -OCH3 is 3. The van der Waals surface area contributed by atoms with Gasteiger partial charge in [-0.1, -0.05) is 32.0 Å². The third-order valence-corrected chi connectivity index (χ3v) is 5.11. The number of hydrogen-bond acceptors (Lipinski definition) is 6. The molecular weight excluding hydrogens is 398 g/mol. The average molecular weight is 430 g/mol. The summed E-state index contributed by atoms with van der Waals surface area (Å²) >= 11 is 0. The second kappa shape index (κ2) is 11.2. The van der Waals surface area contributed by atoms with Crippen LogP contribution in [-0.2, 0) is 20.7 Å². The van der Waals surface area contributed by atoms with E-state index in [2.05, 4.69) is 19.2 Å². The molecule has 0 unspecified atom stereocenters. The van der Waals surface area contributed by atoms with E-state index in [0.29, 0.717) is 28.7 Å². The van der Waals surface area contributed by atoms with Crippen molar-refractivity contribution in [1.82, 2.24) is 0 Å². The van der Waals surface area contributed by atoms with Crippen molar-refractivity contribution in [2.75, 3.05) is 26.6 Å². The van der Waals surface area contributed by atoms with Gasteiger partial charge < -0.3 is 24.3 Å². The number of rotatable bonds is 10. The monoisotopic (exact) mass is 429 g/mol. The quantitative estimate of drug-likeness (QED) is 0.566. The lowest BCUT2D eigenvalue weighted by atomic mass is 9.97. The number of esters is 1. The van der Waals surface area contributed by atoms with E-state index in [9.17, 15) is 9.59 Å². The SMILES string of the molecule is CC[C@H](C)c1ccccc1NC(=O)[C@H](C)OC(=O)Cc1cc(OC)c(OC)c(OC)c1. The molecule has 1 amide bonds. The molecule has 0 bridgehead atoms. The molecule has 31 heavy (non-hydrogen) atoms. The molecule has 1 N–H and O–H groups in total. The minimum absolute atomic E-state index is 0.0439. The zero-order chi connectivity index (χ0) is 23.0. The largest absolute Gasteiger partial charge is 0.493 e. The highest BCUT2D eigenvalue weighted by molar-refractivity contribution is 5.95. The molecule has 0 radical (unpaired) electrons. The van der Waals surface area contributed by atoms with Crippen molar-refractivity contribution >= 4 is 17.6 Å². The van der Waals surface area contributed by atoms with Crippen LogP contribution in [0.5, 0.6) is 17.2 Å². The zero-order valence-electron chi connectivity index (χ0n) is 19.0. The number of carbonyl (C=O) groups excluding carboxylic acids is 2. The van der Waals surface area contributed by atoms with E-state index in [1.54, 1.807) is 19.1 Å². The normalized spacial score (nSPS) is 12.5. The van der Waals surface area contributed by atoms with Gasteiger partial charge in [0.05, 0.1) is 27.8 Å². The first-order valence-electron chi connectivity index (χ1n) is 10.2. The molecular formula is C24H31NO6. The van der Waals surface area contributed by atoms with Gasteiger partial charge in [0.2, 0.25) is 5.75 Å². The van der Waals surface area contributed by atoms with E-state index in [1.807, 2.05) is 24.3 Å². The summed E-state index contributed by atoms with van der Waals surface area (Å²) in [5.74, 6) is 0.708. The van der Waals surface area contributed by atoms with Gasteiger partial charge in [-0.05, 0) is 48.6 Å². The molecule has 2 aromatic carbocycles. The smallest absolute Gasteiger partial charge is 0.311 e. The molecule has 0 fully saturated rings. The molecule has 0 aliphatic heterocycles. The second-order valence-electron chi connectivity index (χ2n) is 7.23. The molecule has 0 aliphatic carbocycles. The van der Waals surface area contributed by atoms with Crippen LogP contribution in [0, 0.1) is 0 Å². The molecule has 2 rings (SSSR count). The van der Waals surface area contributed by atoms with Crippen molar-refractivity contribution in [3.05, 3.63) is 47.5 Å². The van der Waals surface area contributed by atoms with Crippen LogP contribution in [0.15, 0.2) is 36.4 Å². The van der Waals surface area contributed by atoms with Crippen LogP contribution in [0.3, 0.4) is 0 Å². The van der Waals surface area contributed by atoms with Crippen LogP contribution < -0.4 is 19.5 Å². The van der Waals surface area contributed by atoms with Crippen molar-refractivity contribution in [2.45, 2.75) is 45.6 Å². The van der Waals surface area contributed by atoms with Gasteiger partial charge in [0, 0.05) is 5.69 Å². The van der Waals surface area contributed by atoms with Crippen molar-refractivity contribution in [2.24, 2.45) is 0 Å². The van der Waals surface area contributed by atoms with Crippen molar-refractivity contribution in [3.8, 4) is 17.2 Å². The van der Waals surface area contributed by atoms with E-state index in [1.165, 1.54) is 21.3 Å². The van der Waals surface area contributed by atoms with E-state index >= 15 is 0 Å². The lowest BCUT2D eigenvalue weighted by Gasteiger charge is -2.18. The van der Waals surface area contributed by atoms with Gasteiger partial charge >= 0.3 is 5.97 Å². The average Bonchev–Trinajstić information content (AvgIpc) is 2.77. The van der Waals surface area contributed by atoms with Crippen LogP contribution in [0.4, 0.5) is 5.69 Å². The van der Waals surface area contributed by atoms with E-state index < -0.39 is 12.1 Å². The minimum Gasteiger partial charge on any atom is -0.493 e. The van der Waals surface area contributed by atoms with Crippen LogP contribution >= 0.6 is 0 Å². The first kappa shape index (κ1) is 24.1. The molecule has 0 spiro atoms. The summed E-state index contributed by atoms with van der Waals surface area (Å²) in [5.41, 5.74) is 2.40. The number of nitrogens with one attached hydrogen (secondary N) is 1. The van der Waals surface area contributed by atoms with Gasteiger partial charge in [-0.15, -0.1) is 0 Å². The molecule has 0 heterocycles. The number of ether oxygens (including phenoxy) is 4. The summed E-state index contributed by atoms with van der Waals surface area (Å²) in [6, 6.07) is 11.0. The Morgan fingerprint density at radius 3 is 2.13 bits per heavy atom. The first-order chi connectivity index (χ1) is 14.8. The Kier molecular flexibility index (Phi) is 8.73.